The van der Waals surface area contributed by atoms with Gasteiger partial charge in [0.05, 0.1) is 12.7 Å². The molecule has 0 spiro atoms. The SMILES string of the molecule is NCC1CO1. The minimum atomic E-state index is 0.412. The molecule has 1 atom stereocenters. The van der Waals surface area contributed by atoms with E-state index in [-0.39, 0.29) is 0 Å². The van der Waals surface area contributed by atoms with E-state index in [2.05, 4.69) is 0 Å². The molecule has 1 saturated heterocycles. The monoisotopic (exact) mass is 73.1 g/mol. The summed E-state index contributed by atoms with van der Waals surface area (Å²) in [4.78, 5) is 0. The lowest BCUT2D eigenvalue weighted by atomic mass is 10.5. The number of rotatable bonds is 1. The molecule has 0 aromatic heterocycles. The number of epoxide rings is 1. The van der Waals surface area contributed by atoms with Crippen LogP contribution in [0.1, 0.15) is 0 Å². The van der Waals surface area contributed by atoms with Crippen molar-refractivity contribution in [2.24, 2.45) is 5.73 Å². The summed E-state index contributed by atoms with van der Waals surface area (Å²) in [6.07, 6.45) is 0.412. The fourth-order valence-corrected chi connectivity index (χ4v) is 0.204. The summed E-state index contributed by atoms with van der Waals surface area (Å²) in [5, 5.41) is 0. The van der Waals surface area contributed by atoms with Gasteiger partial charge in [0.2, 0.25) is 0 Å². The van der Waals surface area contributed by atoms with Crippen LogP contribution in [0.25, 0.3) is 0 Å². The first-order chi connectivity index (χ1) is 2.43. The van der Waals surface area contributed by atoms with E-state index in [1.807, 2.05) is 0 Å². The summed E-state index contributed by atoms with van der Waals surface area (Å²) < 4.78 is 4.73. The first kappa shape index (κ1) is 3.12. The highest BCUT2D eigenvalue weighted by atomic mass is 16.6. The van der Waals surface area contributed by atoms with Gasteiger partial charge in [0.25, 0.3) is 0 Å². The van der Waals surface area contributed by atoms with Gasteiger partial charge in [-0.2, -0.15) is 0 Å². The largest absolute Gasteiger partial charge is 0.372 e. The third kappa shape index (κ3) is 0.597. The third-order valence-corrected chi connectivity index (χ3v) is 0.665. The van der Waals surface area contributed by atoms with E-state index in [0.717, 1.165) is 6.61 Å². The fourth-order valence-electron chi connectivity index (χ4n) is 0.204. The van der Waals surface area contributed by atoms with Crippen molar-refractivity contribution in [2.75, 3.05) is 13.2 Å². The van der Waals surface area contributed by atoms with Gasteiger partial charge in [0.1, 0.15) is 0 Å². The molecule has 1 fully saturated rings. The van der Waals surface area contributed by atoms with Crippen LogP contribution < -0.4 is 5.73 Å². The lowest BCUT2D eigenvalue weighted by molar-refractivity contribution is 0.412. The number of nitrogens with two attached hydrogens (primary N) is 1. The average molecular weight is 73.1 g/mol. The molecule has 0 aromatic rings. The zero-order valence-corrected chi connectivity index (χ0v) is 2.98. The maximum absolute atomic E-state index is 5.11. The molecule has 0 radical (unpaired) electrons. The molecule has 0 aliphatic carbocycles. The van der Waals surface area contributed by atoms with Crippen LogP contribution in [-0.2, 0) is 4.74 Å². The highest BCUT2D eigenvalue weighted by Gasteiger charge is 2.18. The van der Waals surface area contributed by atoms with Gasteiger partial charge < -0.3 is 10.5 Å². The zero-order valence-electron chi connectivity index (χ0n) is 2.98. The summed E-state index contributed by atoms with van der Waals surface area (Å²) >= 11 is 0. The topological polar surface area (TPSA) is 38.5 Å². The summed E-state index contributed by atoms with van der Waals surface area (Å²) in [5.41, 5.74) is 5.11. The Morgan fingerprint density at radius 1 is 2.00 bits per heavy atom. The molecular formula is C3H7NO. The van der Waals surface area contributed by atoms with Gasteiger partial charge >= 0.3 is 0 Å². The second-order valence-electron chi connectivity index (χ2n) is 1.19. The van der Waals surface area contributed by atoms with E-state index in [1.165, 1.54) is 0 Å². The van der Waals surface area contributed by atoms with Crippen molar-refractivity contribution in [1.82, 2.24) is 0 Å². The van der Waals surface area contributed by atoms with Crippen LogP contribution in [-0.4, -0.2) is 19.3 Å². The zero-order chi connectivity index (χ0) is 3.70. The Hall–Kier alpha value is -0.0800. The minimum Gasteiger partial charge on any atom is -0.372 e. The quantitative estimate of drug-likeness (QED) is 0.419. The molecule has 2 nitrogen and oxygen atoms in total. The molecule has 0 bridgehead atoms. The number of hydrogen-bond acceptors (Lipinski definition) is 2. The van der Waals surface area contributed by atoms with E-state index in [4.69, 9.17) is 10.5 Å². The summed E-state index contributed by atoms with van der Waals surface area (Å²) in [5.74, 6) is 0. The molecule has 2 N–H and O–H groups in total. The first-order valence-electron chi connectivity index (χ1n) is 1.75. The number of hydrogen-bond donors (Lipinski definition) is 1. The number of ether oxygens (including phenoxy) is 1. The smallest absolute Gasteiger partial charge is 0.0931 e. The predicted octanol–water partition coefficient (Wildman–Crippen LogP) is -0.656. The molecule has 1 unspecified atom stereocenters. The van der Waals surface area contributed by atoms with Crippen molar-refractivity contribution in [1.29, 1.82) is 0 Å². The second-order valence-corrected chi connectivity index (χ2v) is 1.19. The third-order valence-electron chi connectivity index (χ3n) is 0.665. The van der Waals surface area contributed by atoms with Crippen molar-refractivity contribution >= 4 is 0 Å². The maximum Gasteiger partial charge on any atom is 0.0931 e. The van der Waals surface area contributed by atoms with Crippen LogP contribution in [0.3, 0.4) is 0 Å². The molecule has 0 aromatic carbocycles. The lowest BCUT2D eigenvalue weighted by Gasteiger charge is -1.71. The van der Waals surface area contributed by atoms with Gasteiger partial charge in [-0.15, -0.1) is 0 Å². The summed E-state index contributed by atoms with van der Waals surface area (Å²) in [7, 11) is 0. The van der Waals surface area contributed by atoms with E-state index >= 15 is 0 Å². The highest BCUT2D eigenvalue weighted by Crippen LogP contribution is 2.03. The predicted molar refractivity (Wildman–Crippen MR) is 18.8 cm³/mol. The van der Waals surface area contributed by atoms with Crippen LogP contribution in [0.2, 0.25) is 0 Å². The Kier molecular flexibility index (Phi) is 0.596. The van der Waals surface area contributed by atoms with Crippen molar-refractivity contribution in [2.45, 2.75) is 6.10 Å². The molecule has 0 amide bonds. The van der Waals surface area contributed by atoms with Crippen molar-refractivity contribution in [3.05, 3.63) is 0 Å². The van der Waals surface area contributed by atoms with Gasteiger partial charge in [-0.3, -0.25) is 0 Å². The average Bonchev–Trinajstić information content (AvgIpc) is 2.12. The Bertz CT molecular complexity index is 33.9. The van der Waals surface area contributed by atoms with Crippen molar-refractivity contribution < 1.29 is 4.74 Å². The molecule has 1 rings (SSSR count). The molecular weight excluding hydrogens is 66.0 g/mol. The Morgan fingerprint density at radius 2 is 2.60 bits per heavy atom. The highest BCUT2D eigenvalue weighted by molar-refractivity contribution is 4.67. The summed E-state index contributed by atoms with van der Waals surface area (Å²) in [6.45, 7) is 1.58. The lowest BCUT2D eigenvalue weighted by Crippen LogP contribution is -2.05. The molecule has 1 aliphatic rings. The van der Waals surface area contributed by atoms with Crippen LogP contribution in [0.5, 0.6) is 0 Å². The molecule has 1 heterocycles. The van der Waals surface area contributed by atoms with E-state index in [1.54, 1.807) is 0 Å². The molecule has 30 valence electrons. The van der Waals surface area contributed by atoms with Gasteiger partial charge in [-0.25, -0.2) is 0 Å². The van der Waals surface area contributed by atoms with Gasteiger partial charge in [0.15, 0.2) is 0 Å². The second kappa shape index (κ2) is 0.954. The molecule has 0 saturated carbocycles. The van der Waals surface area contributed by atoms with Gasteiger partial charge in [0, 0.05) is 6.54 Å². The van der Waals surface area contributed by atoms with Crippen LogP contribution >= 0.6 is 0 Å². The van der Waals surface area contributed by atoms with Crippen LogP contribution in [0.15, 0.2) is 0 Å². The molecule has 2 heteroatoms. The van der Waals surface area contributed by atoms with E-state index in [0.29, 0.717) is 12.6 Å². The van der Waals surface area contributed by atoms with E-state index in [9.17, 15) is 0 Å². The first-order valence-corrected chi connectivity index (χ1v) is 1.75. The molecule has 5 heavy (non-hydrogen) atoms. The molecule has 1 aliphatic heterocycles. The van der Waals surface area contributed by atoms with Crippen molar-refractivity contribution in [3.8, 4) is 0 Å². The Labute approximate surface area is 30.9 Å². The Balaban J connectivity index is 2.00. The summed E-state index contributed by atoms with van der Waals surface area (Å²) in [6, 6.07) is 0. The minimum absolute atomic E-state index is 0.412. The standard InChI is InChI=1S/C3H7NO/c4-1-3-2-5-3/h3H,1-2,4H2. The van der Waals surface area contributed by atoms with E-state index < -0.39 is 0 Å². The normalized spacial score (nSPS) is 34.2. The van der Waals surface area contributed by atoms with Crippen LogP contribution in [0, 0.1) is 0 Å². The maximum atomic E-state index is 5.11. The van der Waals surface area contributed by atoms with Crippen LogP contribution in [0.4, 0.5) is 0 Å². The fraction of sp³-hybridized carbons (Fsp3) is 1.00. The Morgan fingerprint density at radius 3 is 2.60 bits per heavy atom. The van der Waals surface area contributed by atoms with Gasteiger partial charge in [-0.05, 0) is 0 Å². The van der Waals surface area contributed by atoms with Gasteiger partial charge in [-0.1, -0.05) is 0 Å². The van der Waals surface area contributed by atoms with Crippen molar-refractivity contribution in [3.63, 3.8) is 0 Å².